The molecule has 2 saturated carbocycles. The van der Waals surface area contributed by atoms with Crippen molar-refractivity contribution >= 4 is 5.91 Å². The van der Waals surface area contributed by atoms with Crippen molar-refractivity contribution in [1.29, 1.82) is 0 Å². The summed E-state index contributed by atoms with van der Waals surface area (Å²) in [5.74, 6) is 1.45. The van der Waals surface area contributed by atoms with Crippen LogP contribution in [0.5, 0.6) is 0 Å². The minimum atomic E-state index is -0.161. The van der Waals surface area contributed by atoms with Gasteiger partial charge in [-0.2, -0.15) is 0 Å². The van der Waals surface area contributed by atoms with Crippen molar-refractivity contribution in [2.45, 2.75) is 70.5 Å². The maximum atomic E-state index is 12.8. The lowest BCUT2D eigenvalue weighted by Crippen LogP contribution is -2.53. The molecule has 2 fully saturated rings. The molecule has 4 nitrogen and oxygen atoms in total. The van der Waals surface area contributed by atoms with Crippen LogP contribution in [0.4, 0.5) is 0 Å². The zero-order valence-corrected chi connectivity index (χ0v) is 16.5. The summed E-state index contributed by atoms with van der Waals surface area (Å²) in [7, 11) is 0. The Labute approximate surface area is 158 Å². The highest BCUT2D eigenvalue weighted by molar-refractivity contribution is 5.78. The van der Waals surface area contributed by atoms with Crippen molar-refractivity contribution in [1.82, 2.24) is 10.6 Å². The molecule has 1 amide bonds. The first kappa shape index (κ1) is 19.4. The van der Waals surface area contributed by atoms with Crippen molar-refractivity contribution in [3.05, 3.63) is 35.9 Å². The topological polar surface area (TPSA) is 67.1 Å². The highest BCUT2D eigenvalue weighted by atomic mass is 16.1. The van der Waals surface area contributed by atoms with Crippen LogP contribution < -0.4 is 16.4 Å². The molecule has 26 heavy (non-hydrogen) atoms. The second-order valence-corrected chi connectivity index (χ2v) is 9.08. The minimum absolute atomic E-state index is 0.146. The van der Waals surface area contributed by atoms with Gasteiger partial charge >= 0.3 is 0 Å². The van der Waals surface area contributed by atoms with Gasteiger partial charge in [-0.25, -0.2) is 0 Å². The molecule has 0 spiro atoms. The van der Waals surface area contributed by atoms with Gasteiger partial charge in [0.05, 0.1) is 0 Å². The molecule has 4 heteroatoms. The third-order valence-electron chi connectivity index (χ3n) is 6.40. The number of carbonyl (C=O) groups excluding carboxylic acids is 1. The lowest BCUT2D eigenvalue weighted by molar-refractivity contribution is -0.128. The molecule has 0 aromatic heterocycles. The van der Waals surface area contributed by atoms with Gasteiger partial charge in [0.2, 0.25) is 5.91 Å². The number of benzene rings is 1. The van der Waals surface area contributed by atoms with E-state index < -0.39 is 0 Å². The minimum Gasteiger partial charge on any atom is -0.354 e. The van der Waals surface area contributed by atoms with E-state index in [-0.39, 0.29) is 23.4 Å². The van der Waals surface area contributed by atoms with Crippen LogP contribution in [0.25, 0.3) is 0 Å². The maximum Gasteiger partial charge on any atom is 0.223 e. The van der Waals surface area contributed by atoms with Crippen LogP contribution in [0.2, 0.25) is 0 Å². The molecular formula is C22H35N3O. The standard InChI is InChI=1S/C22H35N3O/c1-15(16-8-5-4-6-9-16)25-22(2,3)14-24-21(26)19-12-17-10-7-11-18(13-19)20(17)23/h4-6,8-9,15,17-20,25H,7,10-14,23H2,1-3H3,(H,24,26). The van der Waals surface area contributed by atoms with Crippen LogP contribution in [0.1, 0.15) is 64.5 Å². The van der Waals surface area contributed by atoms with E-state index in [0.717, 1.165) is 12.8 Å². The van der Waals surface area contributed by atoms with Crippen LogP contribution in [0.15, 0.2) is 30.3 Å². The first-order chi connectivity index (χ1) is 12.4. The molecular weight excluding hydrogens is 322 g/mol. The lowest BCUT2D eigenvalue weighted by atomic mass is 9.65. The number of hydrogen-bond donors (Lipinski definition) is 3. The summed E-state index contributed by atoms with van der Waals surface area (Å²) in [5.41, 5.74) is 7.46. The number of nitrogens with two attached hydrogens (primary N) is 1. The average molecular weight is 358 g/mol. The molecule has 1 aromatic rings. The highest BCUT2D eigenvalue weighted by Crippen LogP contribution is 2.41. The van der Waals surface area contributed by atoms with E-state index in [9.17, 15) is 4.79 Å². The molecule has 0 heterocycles. The predicted molar refractivity (Wildman–Crippen MR) is 107 cm³/mol. The van der Waals surface area contributed by atoms with Crippen molar-refractivity contribution in [3.63, 3.8) is 0 Å². The summed E-state index contributed by atoms with van der Waals surface area (Å²) in [6.07, 6.45) is 5.62. The third-order valence-corrected chi connectivity index (χ3v) is 6.40. The fourth-order valence-electron chi connectivity index (χ4n) is 4.92. The van der Waals surface area contributed by atoms with E-state index in [4.69, 9.17) is 5.73 Å². The number of hydrogen-bond acceptors (Lipinski definition) is 3. The van der Waals surface area contributed by atoms with Crippen LogP contribution >= 0.6 is 0 Å². The Morgan fingerprint density at radius 1 is 1.19 bits per heavy atom. The summed E-state index contributed by atoms with van der Waals surface area (Å²) in [5, 5.41) is 6.85. The van der Waals surface area contributed by atoms with E-state index in [2.05, 4.69) is 55.7 Å². The Hall–Kier alpha value is -1.39. The number of fused-ring (bicyclic) bond motifs is 2. The number of carbonyl (C=O) groups is 1. The largest absolute Gasteiger partial charge is 0.354 e. The molecule has 0 aliphatic heterocycles. The van der Waals surface area contributed by atoms with E-state index in [1.165, 1.54) is 24.8 Å². The summed E-state index contributed by atoms with van der Waals surface area (Å²) < 4.78 is 0. The van der Waals surface area contributed by atoms with Crippen LogP contribution in [0, 0.1) is 17.8 Å². The zero-order valence-electron chi connectivity index (χ0n) is 16.5. The molecule has 2 aliphatic carbocycles. The van der Waals surface area contributed by atoms with E-state index in [1.54, 1.807) is 0 Å². The molecule has 0 saturated heterocycles. The Morgan fingerprint density at radius 2 is 1.81 bits per heavy atom. The lowest BCUT2D eigenvalue weighted by Gasteiger charge is -2.43. The molecule has 3 unspecified atom stereocenters. The summed E-state index contributed by atoms with van der Waals surface area (Å²) >= 11 is 0. The van der Waals surface area contributed by atoms with Crippen LogP contribution in [-0.4, -0.2) is 24.0 Å². The van der Waals surface area contributed by atoms with E-state index >= 15 is 0 Å². The highest BCUT2D eigenvalue weighted by Gasteiger charge is 2.40. The summed E-state index contributed by atoms with van der Waals surface area (Å²) in [4.78, 5) is 12.8. The number of nitrogens with one attached hydrogen (secondary N) is 2. The number of rotatable bonds is 6. The van der Waals surface area contributed by atoms with Gasteiger partial charge in [0.25, 0.3) is 0 Å². The van der Waals surface area contributed by atoms with E-state index in [0.29, 0.717) is 24.4 Å². The molecule has 144 valence electrons. The van der Waals surface area contributed by atoms with Crippen molar-refractivity contribution in [3.8, 4) is 0 Å². The van der Waals surface area contributed by atoms with Crippen molar-refractivity contribution in [2.24, 2.45) is 23.5 Å². The molecule has 2 aliphatic rings. The second-order valence-electron chi connectivity index (χ2n) is 9.08. The van der Waals surface area contributed by atoms with E-state index in [1.807, 2.05) is 6.07 Å². The molecule has 4 N–H and O–H groups in total. The second kappa shape index (κ2) is 8.10. The van der Waals surface area contributed by atoms with Gasteiger partial charge in [-0.05, 0) is 63.9 Å². The molecule has 3 atom stereocenters. The third kappa shape index (κ3) is 4.66. The smallest absolute Gasteiger partial charge is 0.223 e. The fourth-order valence-corrected chi connectivity index (χ4v) is 4.92. The molecule has 0 radical (unpaired) electrons. The van der Waals surface area contributed by atoms with Gasteiger partial charge in [-0.15, -0.1) is 0 Å². The summed E-state index contributed by atoms with van der Waals surface area (Å²) in [6, 6.07) is 11.0. The van der Waals surface area contributed by atoms with Gasteiger partial charge in [0.1, 0.15) is 0 Å². The number of amides is 1. The Morgan fingerprint density at radius 3 is 2.42 bits per heavy atom. The fraction of sp³-hybridized carbons (Fsp3) is 0.682. The Balaban J connectivity index is 1.50. The maximum absolute atomic E-state index is 12.8. The monoisotopic (exact) mass is 357 g/mol. The SMILES string of the molecule is CC(NC(C)(C)CNC(=O)C1CC2CCCC(C1)C2N)c1ccccc1. The van der Waals surface area contributed by atoms with Gasteiger partial charge in [-0.3, -0.25) is 4.79 Å². The zero-order chi connectivity index (χ0) is 18.7. The van der Waals surface area contributed by atoms with Crippen LogP contribution in [-0.2, 0) is 4.79 Å². The van der Waals surface area contributed by atoms with Crippen molar-refractivity contribution in [2.75, 3.05) is 6.54 Å². The van der Waals surface area contributed by atoms with Gasteiger partial charge in [0, 0.05) is 30.1 Å². The first-order valence-electron chi connectivity index (χ1n) is 10.2. The molecule has 1 aromatic carbocycles. The van der Waals surface area contributed by atoms with Crippen molar-refractivity contribution < 1.29 is 4.79 Å². The van der Waals surface area contributed by atoms with Gasteiger partial charge < -0.3 is 16.4 Å². The van der Waals surface area contributed by atoms with Crippen LogP contribution in [0.3, 0.4) is 0 Å². The molecule has 3 rings (SSSR count). The summed E-state index contributed by atoms with van der Waals surface area (Å²) in [6.45, 7) is 7.11. The Kier molecular flexibility index (Phi) is 6.03. The Bertz CT molecular complexity index is 587. The van der Waals surface area contributed by atoms with Gasteiger partial charge in [-0.1, -0.05) is 36.8 Å². The normalized spacial score (nSPS) is 29.8. The molecule has 2 bridgehead atoms. The van der Waals surface area contributed by atoms with Gasteiger partial charge in [0.15, 0.2) is 0 Å². The quantitative estimate of drug-likeness (QED) is 0.731. The predicted octanol–water partition coefficient (Wildman–Crippen LogP) is 3.39. The first-order valence-corrected chi connectivity index (χ1v) is 10.2. The average Bonchev–Trinajstić information content (AvgIpc) is 2.60.